The van der Waals surface area contributed by atoms with Gasteiger partial charge in [0, 0.05) is 23.8 Å². The number of rotatable bonds is 5. The standard InChI is InChI=1S/C16H18N4/c17-15-7-3-1-5-13(15)11-19-9-10-20-12-14-6-2-4-8-16(14)18/h1-10H,11-12,17-18H2. The van der Waals surface area contributed by atoms with Crippen LogP contribution in [0.3, 0.4) is 0 Å². The molecule has 4 nitrogen and oxygen atoms in total. The van der Waals surface area contributed by atoms with E-state index in [9.17, 15) is 0 Å². The number of benzene rings is 2. The predicted octanol–water partition coefficient (Wildman–Crippen LogP) is 2.69. The van der Waals surface area contributed by atoms with Crippen molar-refractivity contribution in [3.63, 3.8) is 0 Å². The van der Waals surface area contributed by atoms with Gasteiger partial charge in [0.05, 0.1) is 13.1 Å². The van der Waals surface area contributed by atoms with Gasteiger partial charge in [-0.05, 0) is 23.3 Å². The third-order valence-electron chi connectivity index (χ3n) is 2.91. The minimum Gasteiger partial charge on any atom is -0.398 e. The Morgan fingerprint density at radius 3 is 1.50 bits per heavy atom. The monoisotopic (exact) mass is 266 g/mol. The predicted molar refractivity (Wildman–Crippen MR) is 86.1 cm³/mol. The molecule has 4 N–H and O–H groups in total. The number of nitrogens with zero attached hydrogens (tertiary/aromatic N) is 2. The smallest absolute Gasteiger partial charge is 0.0660 e. The van der Waals surface area contributed by atoms with Gasteiger partial charge in [-0.15, -0.1) is 0 Å². The molecule has 0 spiro atoms. The molecule has 2 rings (SSSR count). The lowest BCUT2D eigenvalue weighted by atomic mass is 10.2. The summed E-state index contributed by atoms with van der Waals surface area (Å²) < 4.78 is 0. The Labute approximate surface area is 118 Å². The van der Waals surface area contributed by atoms with Crippen LogP contribution in [0.5, 0.6) is 0 Å². The Morgan fingerprint density at radius 1 is 0.700 bits per heavy atom. The van der Waals surface area contributed by atoms with Crippen molar-refractivity contribution in [3.05, 3.63) is 59.7 Å². The summed E-state index contributed by atoms with van der Waals surface area (Å²) in [5.41, 5.74) is 15.2. The average Bonchev–Trinajstić information content (AvgIpc) is 2.46. The number of anilines is 2. The topological polar surface area (TPSA) is 76.8 Å². The van der Waals surface area contributed by atoms with Crippen LogP contribution in [0.4, 0.5) is 11.4 Å². The van der Waals surface area contributed by atoms with Crippen molar-refractivity contribution in [3.8, 4) is 0 Å². The Kier molecular flexibility index (Phi) is 4.89. The van der Waals surface area contributed by atoms with Crippen molar-refractivity contribution in [2.75, 3.05) is 11.5 Å². The van der Waals surface area contributed by atoms with Crippen molar-refractivity contribution in [1.82, 2.24) is 0 Å². The van der Waals surface area contributed by atoms with Gasteiger partial charge in [-0.3, -0.25) is 9.98 Å². The normalized spacial score (nSPS) is 11.4. The molecule has 2 aromatic rings. The molecule has 0 heterocycles. The molecule has 0 saturated carbocycles. The van der Waals surface area contributed by atoms with E-state index in [1.165, 1.54) is 0 Å². The van der Waals surface area contributed by atoms with Crippen LogP contribution in [-0.4, -0.2) is 12.4 Å². The van der Waals surface area contributed by atoms with Gasteiger partial charge in [-0.25, -0.2) is 0 Å². The number of nitrogens with two attached hydrogens (primary N) is 2. The van der Waals surface area contributed by atoms with Crippen molar-refractivity contribution in [2.24, 2.45) is 9.98 Å². The van der Waals surface area contributed by atoms with E-state index in [4.69, 9.17) is 11.5 Å². The molecule has 0 aliphatic carbocycles. The summed E-state index contributed by atoms with van der Waals surface area (Å²) in [6, 6.07) is 15.4. The van der Waals surface area contributed by atoms with Gasteiger partial charge >= 0.3 is 0 Å². The Bertz CT molecular complexity index is 562. The molecule has 0 aromatic heterocycles. The maximum Gasteiger partial charge on any atom is 0.0660 e. The van der Waals surface area contributed by atoms with Crippen molar-refractivity contribution < 1.29 is 0 Å². The van der Waals surface area contributed by atoms with Gasteiger partial charge in [0.15, 0.2) is 0 Å². The van der Waals surface area contributed by atoms with Crippen LogP contribution in [0.15, 0.2) is 58.5 Å². The summed E-state index contributed by atoms with van der Waals surface area (Å²) in [5.74, 6) is 0. The van der Waals surface area contributed by atoms with Crippen LogP contribution in [0.2, 0.25) is 0 Å². The van der Waals surface area contributed by atoms with Gasteiger partial charge in [0.1, 0.15) is 0 Å². The van der Waals surface area contributed by atoms with Gasteiger partial charge in [0.25, 0.3) is 0 Å². The van der Waals surface area contributed by atoms with Crippen LogP contribution in [0.25, 0.3) is 0 Å². The summed E-state index contributed by atoms with van der Waals surface area (Å²) >= 11 is 0. The fraction of sp³-hybridized carbons (Fsp3) is 0.125. The highest BCUT2D eigenvalue weighted by atomic mass is 14.8. The van der Waals surface area contributed by atoms with Gasteiger partial charge in [-0.2, -0.15) is 0 Å². The summed E-state index contributed by atoms with van der Waals surface area (Å²) in [5, 5.41) is 0. The van der Waals surface area contributed by atoms with Crippen LogP contribution >= 0.6 is 0 Å². The molecule has 0 aliphatic heterocycles. The summed E-state index contributed by atoms with van der Waals surface area (Å²) in [6.07, 6.45) is 3.37. The second-order valence-corrected chi connectivity index (χ2v) is 4.38. The Morgan fingerprint density at radius 2 is 1.10 bits per heavy atom. The highest BCUT2D eigenvalue weighted by Crippen LogP contribution is 2.11. The van der Waals surface area contributed by atoms with E-state index in [2.05, 4.69) is 9.98 Å². The summed E-state index contributed by atoms with van der Waals surface area (Å²) in [4.78, 5) is 8.54. The van der Waals surface area contributed by atoms with Gasteiger partial charge < -0.3 is 11.5 Å². The second-order valence-electron chi connectivity index (χ2n) is 4.38. The number of aliphatic imine (C=N–C) groups is 2. The molecule has 0 bridgehead atoms. The average molecular weight is 266 g/mol. The summed E-state index contributed by atoms with van der Waals surface area (Å²) in [7, 11) is 0. The quantitative estimate of drug-likeness (QED) is 0.644. The summed E-state index contributed by atoms with van der Waals surface area (Å²) in [6.45, 7) is 1.12. The first kappa shape index (κ1) is 13.8. The largest absolute Gasteiger partial charge is 0.398 e. The van der Waals surface area contributed by atoms with Crippen molar-refractivity contribution >= 4 is 23.8 Å². The fourth-order valence-electron chi connectivity index (χ4n) is 1.75. The third-order valence-corrected chi connectivity index (χ3v) is 2.91. The number of hydrogen-bond acceptors (Lipinski definition) is 4. The van der Waals surface area contributed by atoms with Crippen molar-refractivity contribution in [1.29, 1.82) is 0 Å². The first-order valence-corrected chi connectivity index (χ1v) is 6.42. The Balaban J connectivity index is 1.83. The van der Waals surface area contributed by atoms with E-state index in [0.29, 0.717) is 13.1 Å². The first-order valence-electron chi connectivity index (χ1n) is 6.42. The van der Waals surface area contributed by atoms with Gasteiger partial charge in [0.2, 0.25) is 0 Å². The number of nitrogen functional groups attached to an aromatic ring is 2. The Hall–Kier alpha value is -2.62. The first-order chi connectivity index (χ1) is 9.77. The van der Waals surface area contributed by atoms with E-state index in [1.54, 1.807) is 12.4 Å². The fourth-order valence-corrected chi connectivity index (χ4v) is 1.75. The molecule has 20 heavy (non-hydrogen) atoms. The minimum atomic E-state index is 0.562. The van der Waals surface area contributed by atoms with Crippen LogP contribution in [-0.2, 0) is 13.1 Å². The molecule has 2 aromatic carbocycles. The second kappa shape index (κ2) is 7.09. The molecule has 0 fully saturated rings. The molecule has 0 amide bonds. The molecular weight excluding hydrogens is 248 g/mol. The van der Waals surface area contributed by atoms with Gasteiger partial charge in [-0.1, -0.05) is 36.4 Å². The van der Waals surface area contributed by atoms with Crippen LogP contribution in [0.1, 0.15) is 11.1 Å². The minimum absolute atomic E-state index is 0.562. The number of hydrogen-bond donors (Lipinski definition) is 2. The zero-order valence-electron chi connectivity index (χ0n) is 11.2. The third kappa shape index (κ3) is 3.95. The van der Waals surface area contributed by atoms with E-state index in [1.807, 2.05) is 48.5 Å². The molecule has 0 aliphatic rings. The highest BCUT2D eigenvalue weighted by Gasteiger charge is 1.95. The highest BCUT2D eigenvalue weighted by molar-refractivity contribution is 6.15. The zero-order chi connectivity index (χ0) is 14.2. The zero-order valence-corrected chi connectivity index (χ0v) is 11.2. The molecule has 102 valence electrons. The lowest BCUT2D eigenvalue weighted by Gasteiger charge is -2.00. The lowest BCUT2D eigenvalue weighted by Crippen LogP contribution is -1.93. The van der Waals surface area contributed by atoms with E-state index in [0.717, 1.165) is 22.5 Å². The molecule has 0 atom stereocenters. The van der Waals surface area contributed by atoms with Crippen LogP contribution in [0, 0.1) is 0 Å². The maximum atomic E-state index is 5.83. The maximum absolute atomic E-state index is 5.83. The number of para-hydroxylation sites is 2. The molecule has 0 radical (unpaired) electrons. The molecular formula is C16H18N4. The molecule has 0 saturated heterocycles. The molecule has 4 heteroatoms. The molecule has 0 unspecified atom stereocenters. The van der Waals surface area contributed by atoms with Crippen molar-refractivity contribution in [2.45, 2.75) is 13.1 Å². The van der Waals surface area contributed by atoms with E-state index < -0.39 is 0 Å². The SMILES string of the molecule is Nc1ccccc1CN=CC=NCc1ccccc1N. The van der Waals surface area contributed by atoms with Crippen LogP contribution < -0.4 is 11.5 Å². The van der Waals surface area contributed by atoms with E-state index >= 15 is 0 Å². The lowest BCUT2D eigenvalue weighted by molar-refractivity contribution is 1.07. The van der Waals surface area contributed by atoms with E-state index in [-0.39, 0.29) is 0 Å².